The molecule has 74 valence electrons. The molecule has 0 saturated carbocycles. The summed E-state index contributed by atoms with van der Waals surface area (Å²) >= 11 is 0. The molecule has 0 aromatic heterocycles. The summed E-state index contributed by atoms with van der Waals surface area (Å²) in [6.45, 7) is 4.39. The van der Waals surface area contributed by atoms with E-state index in [0.717, 1.165) is 0 Å². The van der Waals surface area contributed by atoms with E-state index in [1.54, 1.807) is 0 Å². The molecular formula is C13H17N. The second-order valence-corrected chi connectivity index (χ2v) is 3.57. The minimum atomic E-state index is 0.594. The van der Waals surface area contributed by atoms with Gasteiger partial charge in [0.05, 0.1) is 0 Å². The first kappa shape index (κ1) is 10.6. The highest BCUT2D eigenvalue weighted by atomic mass is 14.5. The van der Waals surface area contributed by atoms with E-state index in [-0.39, 0.29) is 0 Å². The van der Waals surface area contributed by atoms with Gasteiger partial charge < -0.3 is 5.73 Å². The predicted molar refractivity (Wildman–Crippen MR) is 62.9 cm³/mol. The van der Waals surface area contributed by atoms with Gasteiger partial charge in [-0.05, 0) is 29.3 Å². The monoisotopic (exact) mass is 187 g/mol. The van der Waals surface area contributed by atoms with Crippen molar-refractivity contribution in [3.63, 3.8) is 0 Å². The Kier molecular flexibility index (Phi) is 3.99. The Morgan fingerprint density at radius 3 is 2.21 bits per heavy atom. The number of rotatable bonds is 3. The van der Waals surface area contributed by atoms with Crippen molar-refractivity contribution < 1.29 is 0 Å². The predicted octanol–water partition coefficient (Wildman–Crippen LogP) is 3.30. The van der Waals surface area contributed by atoms with Crippen LogP contribution < -0.4 is 5.73 Å². The van der Waals surface area contributed by atoms with Crippen LogP contribution in [0.2, 0.25) is 0 Å². The summed E-state index contributed by atoms with van der Waals surface area (Å²) in [5.41, 5.74) is 7.80. The molecule has 1 aromatic carbocycles. The normalized spacial score (nSPS) is 11.9. The molecule has 1 heteroatoms. The molecule has 0 bridgehead atoms. The Morgan fingerprint density at radius 2 is 1.71 bits per heavy atom. The minimum Gasteiger partial charge on any atom is -0.405 e. The van der Waals surface area contributed by atoms with Gasteiger partial charge in [-0.1, -0.05) is 50.3 Å². The van der Waals surface area contributed by atoms with Gasteiger partial charge in [0.2, 0.25) is 0 Å². The molecule has 0 heterocycles. The van der Waals surface area contributed by atoms with Gasteiger partial charge in [-0.25, -0.2) is 0 Å². The molecule has 1 aromatic rings. The van der Waals surface area contributed by atoms with Crippen molar-refractivity contribution in [3.05, 3.63) is 53.7 Å². The number of hydrogen-bond donors (Lipinski definition) is 1. The molecule has 1 rings (SSSR count). The van der Waals surface area contributed by atoms with Gasteiger partial charge in [0.15, 0.2) is 0 Å². The van der Waals surface area contributed by atoms with Gasteiger partial charge in [-0.15, -0.1) is 0 Å². The number of nitrogens with two attached hydrogens (primary N) is 1. The zero-order valence-electron chi connectivity index (χ0n) is 8.77. The highest BCUT2D eigenvalue weighted by Gasteiger charge is 1.96. The summed E-state index contributed by atoms with van der Waals surface area (Å²) in [5.74, 6) is 0.594. The second-order valence-electron chi connectivity index (χ2n) is 3.57. The van der Waals surface area contributed by atoms with Crippen LogP contribution in [0.5, 0.6) is 0 Å². The number of hydrogen-bond acceptors (Lipinski definition) is 1. The van der Waals surface area contributed by atoms with Gasteiger partial charge in [-0.2, -0.15) is 0 Å². The van der Waals surface area contributed by atoms with Crippen molar-refractivity contribution in [2.75, 3.05) is 0 Å². The molecular weight excluding hydrogens is 170 g/mol. The number of benzene rings is 1. The largest absolute Gasteiger partial charge is 0.405 e. The topological polar surface area (TPSA) is 26.0 Å². The van der Waals surface area contributed by atoms with E-state index >= 15 is 0 Å². The first-order chi connectivity index (χ1) is 6.74. The SMILES string of the molecule is CC(C)c1ccc(/C=C/C=C/N)cc1. The molecule has 0 radical (unpaired) electrons. The van der Waals surface area contributed by atoms with E-state index in [4.69, 9.17) is 5.73 Å². The van der Waals surface area contributed by atoms with Crippen LogP contribution in [0.25, 0.3) is 6.08 Å². The van der Waals surface area contributed by atoms with Crippen LogP contribution in [-0.4, -0.2) is 0 Å². The third kappa shape index (κ3) is 3.09. The van der Waals surface area contributed by atoms with E-state index in [1.807, 2.05) is 18.2 Å². The van der Waals surface area contributed by atoms with Crippen molar-refractivity contribution in [3.8, 4) is 0 Å². The highest BCUT2D eigenvalue weighted by Crippen LogP contribution is 2.15. The lowest BCUT2D eigenvalue weighted by molar-refractivity contribution is 0.866. The van der Waals surface area contributed by atoms with E-state index in [2.05, 4.69) is 38.1 Å². The summed E-state index contributed by atoms with van der Waals surface area (Å²) < 4.78 is 0. The van der Waals surface area contributed by atoms with Crippen molar-refractivity contribution in [1.82, 2.24) is 0 Å². The fourth-order valence-corrected chi connectivity index (χ4v) is 1.22. The third-order valence-corrected chi connectivity index (χ3v) is 2.11. The van der Waals surface area contributed by atoms with Crippen molar-refractivity contribution >= 4 is 6.08 Å². The van der Waals surface area contributed by atoms with Crippen molar-refractivity contribution in [2.24, 2.45) is 5.73 Å². The van der Waals surface area contributed by atoms with Crippen LogP contribution in [0.15, 0.2) is 42.6 Å². The standard InChI is InChI=1S/C13H17N/c1-11(2)13-8-6-12(7-9-13)5-3-4-10-14/h3-11H,14H2,1-2H3/b5-3+,10-4+. The molecule has 0 aliphatic carbocycles. The molecule has 0 fully saturated rings. The lowest BCUT2D eigenvalue weighted by Gasteiger charge is -2.04. The Hall–Kier alpha value is -1.50. The molecule has 0 aliphatic heterocycles. The molecule has 14 heavy (non-hydrogen) atoms. The van der Waals surface area contributed by atoms with E-state index in [0.29, 0.717) is 5.92 Å². The average Bonchev–Trinajstić information content (AvgIpc) is 2.19. The quantitative estimate of drug-likeness (QED) is 0.722. The molecule has 0 atom stereocenters. The summed E-state index contributed by atoms with van der Waals surface area (Å²) in [6, 6.07) is 8.57. The zero-order valence-corrected chi connectivity index (χ0v) is 8.77. The van der Waals surface area contributed by atoms with Gasteiger partial charge in [0, 0.05) is 0 Å². The van der Waals surface area contributed by atoms with Gasteiger partial charge in [0.25, 0.3) is 0 Å². The summed E-state index contributed by atoms with van der Waals surface area (Å²) in [7, 11) is 0. The second kappa shape index (κ2) is 5.28. The fourth-order valence-electron chi connectivity index (χ4n) is 1.22. The molecule has 0 amide bonds. The van der Waals surface area contributed by atoms with Crippen LogP contribution in [0, 0.1) is 0 Å². The Bertz CT molecular complexity index is 318. The summed E-state index contributed by atoms with van der Waals surface area (Å²) in [4.78, 5) is 0. The fraction of sp³-hybridized carbons (Fsp3) is 0.231. The maximum atomic E-state index is 5.22. The molecule has 0 spiro atoms. The average molecular weight is 187 g/mol. The van der Waals surface area contributed by atoms with Gasteiger partial charge in [0.1, 0.15) is 0 Å². The zero-order chi connectivity index (χ0) is 10.4. The van der Waals surface area contributed by atoms with Crippen LogP contribution in [0.3, 0.4) is 0 Å². The Labute approximate surface area is 85.9 Å². The highest BCUT2D eigenvalue weighted by molar-refractivity contribution is 5.51. The molecule has 0 aliphatic rings. The maximum Gasteiger partial charge on any atom is -0.00624 e. The lowest BCUT2D eigenvalue weighted by atomic mass is 10.0. The van der Waals surface area contributed by atoms with E-state index < -0.39 is 0 Å². The van der Waals surface area contributed by atoms with Crippen molar-refractivity contribution in [1.29, 1.82) is 0 Å². The number of allylic oxidation sites excluding steroid dienone is 2. The van der Waals surface area contributed by atoms with E-state index in [1.165, 1.54) is 17.3 Å². The summed E-state index contributed by atoms with van der Waals surface area (Å²) in [6.07, 6.45) is 7.31. The van der Waals surface area contributed by atoms with Gasteiger partial charge >= 0.3 is 0 Å². The van der Waals surface area contributed by atoms with E-state index in [9.17, 15) is 0 Å². The molecule has 0 unspecified atom stereocenters. The van der Waals surface area contributed by atoms with Crippen molar-refractivity contribution in [2.45, 2.75) is 19.8 Å². The Balaban J connectivity index is 2.73. The Morgan fingerprint density at radius 1 is 1.07 bits per heavy atom. The third-order valence-electron chi connectivity index (χ3n) is 2.11. The first-order valence-corrected chi connectivity index (χ1v) is 4.89. The summed E-state index contributed by atoms with van der Waals surface area (Å²) in [5, 5.41) is 0. The minimum absolute atomic E-state index is 0.594. The van der Waals surface area contributed by atoms with Crippen LogP contribution in [0.4, 0.5) is 0 Å². The molecule has 0 saturated heterocycles. The van der Waals surface area contributed by atoms with Crippen LogP contribution in [0.1, 0.15) is 30.9 Å². The first-order valence-electron chi connectivity index (χ1n) is 4.89. The van der Waals surface area contributed by atoms with Crippen LogP contribution >= 0.6 is 0 Å². The lowest BCUT2D eigenvalue weighted by Crippen LogP contribution is -1.85. The maximum absolute atomic E-state index is 5.22. The smallest absolute Gasteiger partial charge is 0.00624 e. The van der Waals surface area contributed by atoms with Crippen LogP contribution in [-0.2, 0) is 0 Å². The molecule has 1 nitrogen and oxygen atoms in total. The van der Waals surface area contributed by atoms with Gasteiger partial charge in [-0.3, -0.25) is 0 Å². The molecule has 2 N–H and O–H groups in total.